The number of alkyl carbamates (subject to hydrolysis) is 1. The predicted molar refractivity (Wildman–Crippen MR) is 90.6 cm³/mol. The Hall–Kier alpha value is -0.850. The van der Waals surface area contributed by atoms with Crippen molar-refractivity contribution >= 4 is 6.09 Å². The Labute approximate surface area is 140 Å². The highest BCUT2D eigenvalue weighted by Gasteiger charge is 2.29. The van der Waals surface area contributed by atoms with Crippen molar-refractivity contribution < 1.29 is 24.1 Å². The molecule has 0 aromatic rings. The lowest BCUT2D eigenvalue weighted by Crippen LogP contribution is -2.42. The Morgan fingerprint density at radius 2 is 1.83 bits per heavy atom. The standard InChI is InChI=1S/C17H35NO5/c1-6-8-17(14-19,9-12-22-11-7-10-21-5)13-18-15(20)23-16(2,3)4/h19H,6-14H2,1-5H3,(H,18,20). The Morgan fingerprint density at radius 3 is 2.35 bits per heavy atom. The van der Waals surface area contributed by atoms with Crippen molar-refractivity contribution in [3.8, 4) is 0 Å². The van der Waals surface area contributed by atoms with Crippen LogP contribution in [0.5, 0.6) is 0 Å². The summed E-state index contributed by atoms with van der Waals surface area (Å²) in [6.07, 6.45) is 2.85. The molecule has 138 valence electrons. The summed E-state index contributed by atoms with van der Waals surface area (Å²) in [6.45, 7) is 9.81. The van der Waals surface area contributed by atoms with E-state index in [9.17, 15) is 9.90 Å². The van der Waals surface area contributed by atoms with Crippen LogP contribution in [0.2, 0.25) is 0 Å². The Bertz CT molecular complexity index is 317. The summed E-state index contributed by atoms with van der Waals surface area (Å²) in [7, 11) is 1.67. The quantitative estimate of drug-likeness (QED) is 0.537. The van der Waals surface area contributed by atoms with Crippen LogP contribution >= 0.6 is 0 Å². The Morgan fingerprint density at radius 1 is 1.13 bits per heavy atom. The van der Waals surface area contributed by atoms with Crippen molar-refractivity contribution in [2.45, 2.75) is 59.0 Å². The minimum atomic E-state index is -0.527. The molecule has 6 nitrogen and oxygen atoms in total. The van der Waals surface area contributed by atoms with Gasteiger partial charge in [-0.2, -0.15) is 0 Å². The number of aliphatic hydroxyl groups is 1. The van der Waals surface area contributed by atoms with E-state index in [1.54, 1.807) is 7.11 Å². The fraction of sp³-hybridized carbons (Fsp3) is 0.941. The van der Waals surface area contributed by atoms with E-state index in [-0.39, 0.29) is 12.0 Å². The van der Waals surface area contributed by atoms with Crippen LogP contribution in [0.4, 0.5) is 4.79 Å². The number of carbonyl (C=O) groups is 1. The van der Waals surface area contributed by atoms with E-state index in [4.69, 9.17) is 14.2 Å². The lowest BCUT2D eigenvalue weighted by molar-refractivity contribution is 0.0309. The van der Waals surface area contributed by atoms with Crippen molar-refractivity contribution in [3.05, 3.63) is 0 Å². The van der Waals surface area contributed by atoms with Gasteiger partial charge in [-0.05, 0) is 40.0 Å². The van der Waals surface area contributed by atoms with Crippen LogP contribution in [0.15, 0.2) is 0 Å². The van der Waals surface area contributed by atoms with Gasteiger partial charge in [-0.15, -0.1) is 0 Å². The highest BCUT2D eigenvalue weighted by molar-refractivity contribution is 5.67. The van der Waals surface area contributed by atoms with E-state index in [0.29, 0.717) is 32.8 Å². The summed E-state index contributed by atoms with van der Waals surface area (Å²) in [6, 6.07) is 0. The maximum atomic E-state index is 11.8. The maximum absolute atomic E-state index is 11.8. The third-order valence-corrected chi connectivity index (χ3v) is 3.54. The molecule has 0 fully saturated rings. The van der Waals surface area contributed by atoms with E-state index in [2.05, 4.69) is 12.2 Å². The van der Waals surface area contributed by atoms with Gasteiger partial charge in [0, 0.05) is 38.9 Å². The van der Waals surface area contributed by atoms with Crippen LogP contribution in [0.3, 0.4) is 0 Å². The first-order valence-corrected chi connectivity index (χ1v) is 8.43. The molecule has 6 heteroatoms. The highest BCUT2D eigenvalue weighted by atomic mass is 16.6. The molecule has 0 aromatic heterocycles. The van der Waals surface area contributed by atoms with Crippen LogP contribution in [-0.4, -0.2) is 56.9 Å². The van der Waals surface area contributed by atoms with Crippen molar-refractivity contribution in [1.29, 1.82) is 0 Å². The average molecular weight is 333 g/mol. The van der Waals surface area contributed by atoms with E-state index in [0.717, 1.165) is 19.3 Å². The number of hydrogen-bond donors (Lipinski definition) is 2. The number of aliphatic hydroxyl groups excluding tert-OH is 1. The van der Waals surface area contributed by atoms with E-state index in [1.165, 1.54) is 0 Å². The van der Waals surface area contributed by atoms with Crippen molar-refractivity contribution in [2.75, 3.05) is 40.1 Å². The lowest BCUT2D eigenvalue weighted by atomic mass is 9.81. The number of carbonyl (C=O) groups excluding carboxylic acids is 1. The smallest absolute Gasteiger partial charge is 0.407 e. The molecule has 0 aliphatic heterocycles. The normalized spacial score (nSPS) is 14.3. The molecule has 0 bridgehead atoms. The van der Waals surface area contributed by atoms with E-state index >= 15 is 0 Å². The molecule has 0 rings (SSSR count). The molecule has 0 aliphatic carbocycles. The molecule has 0 saturated heterocycles. The zero-order chi connectivity index (χ0) is 17.8. The molecule has 2 N–H and O–H groups in total. The van der Waals surface area contributed by atoms with Gasteiger partial charge in [-0.1, -0.05) is 13.3 Å². The van der Waals surface area contributed by atoms with Gasteiger partial charge in [0.1, 0.15) is 5.60 Å². The third kappa shape index (κ3) is 11.3. The van der Waals surface area contributed by atoms with Crippen molar-refractivity contribution in [3.63, 3.8) is 0 Å². The van der Waals surface area contributed by atoms with Crippen molar-refractivity contribution in [1.82, 2.24) is 5.32 Å². The van der Waals surface area contributed by atoms with Crippen LogP contribution in [-0.2, 0) is 14.2 Å². The third-order valence-electron chi connectivity index (χ3n) is 3.54. The lowest BCUT2D eigenvalue weighted by Gasteiger charge is -2.32. The van der Waals surface area contributed by atoms with Gasteiger partial charge < -0.3 is 24.6 Å². The molecule has 1 amide bonds. The fourth-order valence-corrected chi connectivity index (χ4v) is 2.32. The molecular formula is C17H35NO5. The van der Waals surface area contributed by atoms with Crippen LogP contribution < -0.4 is 5.32 Å². The van der Waals surface area contributed by atoms with Gasteiger partial charge in [0.15, 0.2) is 0 Å². The predicted octanol–water partition coefficient (Wildman–Crippen LogP) is 2.73. The number of amides is 1. The number of methoxy groups -OCH3 is 1. The van der Waals surface area contributed by atoms with Gasteiger partial charge in [-0.3, -0.25) is 0 Å². The molecular weight excluding hydrogens is 298 g/mol. The molecule has 23 heavy (non-hydrogen) atoms. The molecule has 1 atom stereocenters. The highest BCUT2D eigenvalue weighted by Crippen LogP contribution is 2.27. The fourth-order valence-electron chi connectivity index (χ4n) is 2.32. The first-order valence-electron chi connectivity index (χ1n) is 8.43. The number of ether oxygens (including phenoxy) is 3. The summed E-state index contributed by atoms with van der Waals surface area (Å²) in [5.41, 5.74) is -0.895. The number of nitrogens with one attached hydrogen (secondary N) is 1. The molecule has 0 spiro atoms. The summed E-state index contributed by atoms with van der Waals surface area (Å²) >= 11 is 0. The monoisotopic (exact) mass is 333 g/mol. The first-order chi connectivity index (χ1) is 10.8. The Kier molecular flexibility index (Phi) is 11.2. The minimum Gasteiger partial charge on any atom is -0.444 e. The van der Waals surface area contributed by atoms with Gasteiger partial charge in [0.05, 0.1) is 6.61 Å². The summed E-state index contributed by atoms with van der Waals surface area (Å²) in [5, 5.41) is 12.6. The van der Waals surface area contributed by atoms with E-state index < -0.39 is 11.7 Å². The molecule has 0 radical (unpaired) electrons. The van der Waals surface area contributed by atoms with Crippen LogP contribution in [0, 0.1) is 5.41 Å². The zero-order valence-electron chi connectivity index (χ0n) is 15.4. The Balaban J connectivity index is 4.33. The second-order valence-electron chi connectivity index (χ2n) is 6.97. The number of rotatable bonds is 12. The van der Waals surface area contributed by atoms with Gasteiger partial charge in [0.25, 0.3) is 0 Å². The topological polar surface area (TPSA) is 77.0 Å². The molecule has 1 unspecified atom stereocenters. The molecule has 0 aromatic carbocycles. The summed E-state index contributed by atoms with van der Waals surface area (Å²) in [5.74, 6) is 0. The van der Waals surface area contributed by atoms with Crippen molar-refractivity contribution in [2.24, 2.45) is 5.41 Å². The minimum absolute atomic E-state index is 0.0120. The average Bonchev–Trinajstić information content (AvgIpc) is 2.46. The van der Waals surface area contributed by atoms with Gasteiger partial charge in [-0.25, -0.2) is 4.79 Å². The zero-order valence-corrected chi connectivity index (χ0v) is 15.4. The van der Waals surface area contributed by atoms with Gasteiger partial charge in [0.2, 0.25) is 0 Å². The second kappa shape index (κ2) is 11.6. The largest absolute Gasteiger partial charge is 0.444 e. The second-order valence-corrected chi connectivity index (χ2v) is 6.97. The summed E-state index contributed by atoms with van der Waals surface area (Å²) in [4.78, 5) is 11.8. The summed E-state index contributed by atoms with van der Waals surface area (Å²) < 4.78 is 15.8. The van der Waals surface area contributed by atoms with Crippen LogP contribution in [0.25, 0.3) is 0 Å². The first kappa shape index (κ1) is 22.1. The molecule has 0 aliphatic rings. The molecule has 0 heterocycles. The van der Waals surface area contributed by atoms with E-state index in [1.807, 2.05) is 20.8 Å². The van der Waals surface area contributed by atoms with Crippen LogP contribution in [0.1, 0.15) is 53.4 Å². The number of hydrogen-bond acceptors (Lipinski definition) is 5. The van der Waals surface area contributed by atoms with Gasteiger partial charge >= 0.3 is 6.09 Å². The maximum Gasteiger partial charge on any atom is 0.407 e. The molecule has 0 saturated carbocycles. The SMILES string of the molecule is CCCC(CO)(CCOCCCOC)CNC(=O)OC(C)(C)C.